The van der Waals surface area contributed by atoms with Gasteiger partial charge in [0.25, 0.3) is 5.91 Å². The highest BCUT2D eigenvalue weighted by molar-refractivity contribution is 5.92. The molecule has 0 unspecified atom stereocenters. The summed E-state index contributed by atoms with van der Waals surface area (Å²) in [6, 6.07) is 19.4. The van der Waals surface area contributed by atoms with Crippen molar-refractivity contribution in [2.24, 2.45) is 0 Å². The zero-order chi connectivity index (χ0) is 19.3. The topological polar surface area (TPSA) is 67.2 Å². The highest BCUT2D eigenvalue weighted by atomic mass is 16.2. The molecule has 3 aromatic rings. The summed E-state index contributed by atoms with van der Waals surface area (Å²) < 4.78 is 1.68. The average molecular weight is 374 g/mol. The Hall–Kier alpha value is -3.41. The van der Waals surface area contributed by atoms with Crippen LogP contribution in [-0.4, -0.2) is 33.0 Å². The molecule has 2 heterocycles. The number of carbonyl (C=O) groups excluding carboxylic acids is 2. The summed E-state index contributed by atoms with van der Waals surface area (Å²) in [5.74, 6) is 0.0210. The van der Waals surface area contributed by atoms with Gasteiger partial charge in [0.2, 0.25) is 5.91 Å². The molecule has 1 fully saturated rings. The number of rotatable bonds is 6. The fraction of sp³-hybridized carbons (Fsp3) is 0.227. The van der Waals surface area contributed by atoms with Crippen LogP contribution in [0.2, 0.25) is 0 Å². The minimum Gasteiger partial charge on any atom is -0.347 e. The third kappa shape index (κ3) is 4.11. The first-order valence-corrected chi connectivity index (χ1v) is 9.44. The third-order valence-electron chi connectivity index (χ3n) is 4.86. The summed E-state index contributed by atoms with van der Waals surface area (Å²) in [7, 11) is 0. The second-order valence-electron chi connectivity index (χ2n) is 6.90. The van der Waals surface area contributed by atoms with E-state index in [0.29, 0.717) is 25.2 Å². The summed E-state index contributed by atoms with van der Waals surface area (Å²) in [5, 5.41) is 7.24. The summed E-state index contributed by atoms with van der Waals surface area (Å²) >= 11 is 0. The molecule has 0 atom stereocenters. The molecule has 0 radical (unpaired) electrons. The molecule has 1 N–H and O–H groups in total. The van der Waals surface area contributed by atoms with E-state index in [1.165, 1.54) is 0 Å². The van der Waals surface area contributed by atoms with Gasteiger partial charge < -0.3 is 10.2 Å². The molecule has 1 aliphatic heterocycles. The lowest BCUT2D eigenvalue weighted by Crippen LogP contribution is -2.24. The Labute approximate surface area is 163 Å². The molecular weight excluding hydrogens is 352 g/mol. The fourth-order valence-corrected chi connectivity index (χ4v) is 3.30. The van der Waals surface area contributed by atoms with Crippen molar-refractivity contribution in [2.45, 2.75) is 25.9 Å². The number of nitrogens with zero attached hydrogens (tertiary/aromatic N) is 3. The summed E-state index contributed by atoms with van der Waals surface area (Å²) in [5.41, 5.74) is 3.40. The van der Waals surface area contributed by atoms with E-state index in [9.17, 15) is 9.59 Å². The van der Waals surface area contributed by atoms with Crippen LogP contribution < -0.4 is 5.32 Å². The number of hydrogen-bond donors (Lipinski definition) is 1. The molecule has 6 nitrogen and oxygen atoms in total. The molecule has 6 heteroatoms. The van der Waals surface area contributed by atoms with Crippen LogP contribution in [0.1, 0.15) is 34.5 Å². The second-order valence-corrected chi connectivity index (χ2v) is 6.90. The van der Waals surface area contributed by atoms with Crippen molar-refractivity contribution in [1.29, 1.82) is 0 Å². The number of carbonyl (C=O) groups is 2. The minimum absolute atomic E-state index is 0.207. The van der Waals surface area contributed by atoms with Gasteiger partial charge in [-0.1, -0.05) is 42.5 Å². The summed E-state index contributed by atoms with van der Waals surface area (Å²) in [6.07, 6.45) is 3.38. The third-order valence-corrected chi connectivity index (χ3v) is 4.86. The van der Waals surface area contributed by atoms with E-state index >= 15 is 0 Å². The van der Waals surface area contributed by atoms with E-state index in [-0.39, 0.29) is 11.8 Å². The predicted molar refractivity (Wildman–Crippen MR) is 106 cm³/mol. The van der Waals surface area contributed by atoms with Gasteiger partial charge in [0.15, 0.2) is 5.69 Å². The van der Waals surface area contributed by atoms with E-state index in [2.05, 4.69) is 10.4 Å². The summed E-state index contributed by atoms with van der Waals surface area (Å²) in [4.78, 5) is 26.0. The van der Waals surface area contributed by atoms with Crippen LogP contribution in [0.15, 0.2) is 66.9 Å². The SMILES string of the molecule is O=C(NCc1ccc(CN2CCCC2=O)cc1)c1ccn(-c2ccccc2)n1. The Bertz CT molecular complexity index is 964. The predicted octanol–water partition coefficient (Wildman–Crippen LogP) is 2.92. The zero-order valence-corrected chi connectivity index (χ0v) is 15.5. The lowest BCUT2D eigenvalue weighted by atomic mass is 10.1. The largest absolute Gasteiger partial charge is 0.347 e. The Morgan fingerprint density at radius 3 is 2.46 bits per heavy atom. The number of hydrogen-bond acceptors (Lipinski definition) is 3. The lowest BCUT2D eigenvalue weighted by Gasteiger charge is -2.15. The normalized spacial score (nSPS) is 13.7. The maximum Gasteiger partial charge on any atom is 0.272 e. The van der Waals surface area contributed by atoms with Crippen molar-refractivity contribution in [1.82, 2.24) is 20.0 Å². The van der Waals surface area contributed by atoms with Gasteiger partial charge in [0.1, 0.15) is 0 Å². The average Bonchev–Trinajstić information content (AvgIpc) is 3.38. The van der Waals surface area contributed by atoms with Crippen LogP contribution in [0.25, 0.3) is 5.69 Å². The number of para-hydroxylation sites is 1. The zero-order valence-electron chi connectivity index (χ0n) is 15.5. The van der Waals surface area contributed by atoms with E-state index in [4.69, 9.17) is 0 Å². The Morgan fingerprint density at radius 1 is 1.00 bits per heavy atom. The van der Waals surface area contributed by atoms with Crippen LogP contribution in [0.4, 0.5) is 0 Å². The Balaban J connectivity index is 1.32. The van der Waals surface area contributed by atoms with Crippen LogP contribution >= 0.6 is 0 Å². The molecule has 28 heavy (non-hydrogen) atoms. The van der Waals surface area contributed by atoms with E-state index in [1.54, 1.807) is 16.9 Å². The first kappa shape index (κ1) is 18.0. The molecule has 0 saturated carbocycles. The monoisotopic (exact) mass is 374 g/mol. The van der Waals surface area contributed by atoms with Crippen molar-refractivity contribution >= 4 is 11.8 Å². The van der Waals surface area contributed by atoms with Crippen molar-refractivity contribution in [3.8, 4) is 5.69 Å². The van der Waals surface area contributed by atoms with Crippen molar-refractivity contribution in [3.05, 3.63) is 83.7 Å². The maximum absolute atomic E-state index is 12.4. The first-order chi connectivity index (χ1) is 13.7. The molecule has 0 aliphatic carbocycles. The quantitative estimate of drug-likeness (QED) is 0.721. The maximum atomic E-state index is 12.4. The van der Waals surface area contributed by atoms with Gasteiger partial charge in [-0.15, -0.1) is 0 Å². The fourth-order valence-electron chi connectivity index (χ4n) is 3.30. The van der Waals surface area contributed by atoms with Gasteiger partial charge in [-0.05, 0) is 35.7 Å². The van der Waals surface area contributed by atoms with E-state index in [0.717, 1.165) is 29.8 Å². The van der Waals surface area contributed by atoms with Gasteiger partial charge in [-0.3, -0.25) is 9.59 Å². The number of aromatic nitrogens is 2. The van der Waals surface area contributed by atoms with Crippen molar-refractivity contribution in [3.63, 3.8) is 0 Å². The number of likely N-dealkylation sites (tertiary alicyclic amines) is 1. The summed E-state index contributed by atoms with van der Waals surface area (Å²) in [6.45, 7) is 1.93. The standard InChI is InChI=1S/C22H22N4O2/c27-21-7-4-13-25(21)16-18-10-8-17(9-11-18)15-23-22(28)20-12-14-26(24-20)19-5-2-1-3-6-19/h1-3,5-6,8-12,14H,4,7,13,15-16H2,(H,23,28). The molecule has 142 valence electrons. The van der Waals surface area contributed by atoms with Gasteiger partial charge in [-0.25, -0.2) is 4.68 Å². The van der Waals surface area contributed by atoms with Gasteiger partial charge in [0, 0.05) is 32.3 Å². The molecule has 0 spiro atoms. The molecule has 4 rings (SSSR count). The molecule has 2 amide bonds. The van der Waals surface area contributed by atoms with Crippen molar-refractivity contribution in [2.75, 3.05) is 6.54 Å². The number of nitrogens with one attached hydrogen (secondary N) is 1. The van der Waals surface area contributed by atoms with Crippen molar-refractivity contribution < 1.29 is 9.59 Å². The molecule has 1 aromatic heterocycles. The lowest BCUT2D eigenvalue weighted by molar-refractivity contribution is -0.128. The van der Waals surface area contributed by atoms with Crippen LogP contribution in [0.5, 0.6) is 0 Å². The second kappa shape index (κ2) is 8.08. The van der Waals surface area contributed by atoms with Gasteiger partial charge in [0.05, 0.1) is 5.69 Å². The smallest absolute Gasteiger partial charge is 0.272 e. The van der Waals surface area contributed by atoms with Gasteiger partial charge in [-0.2, -0.15) is 5.10 Å². The van der Waals surface area contributed by atoms with Crippen LogP contribution in [0, 0.1) is 0 Å². The number of amides is 2. The van der Waals surface area contributed by atoms with E-state index in [1.807, 2.05) is 59.5 Å². The molecule has 2 aromatic carbocycles. The Morgan fingerprint density at radius 2 is 1.75 bits per heavy atom. The molecule has 0 bridgehead atoms. The molecule has 1 saturated heterocycles. The van der Waals surface area contributed by atoms with E-state index < -0.39 is 0 Å². The molecule has 1 aliphatic rings. The molecular formula is C22H22N4O2. The van der Waals surface area contributed by atoms with Crippen LogP contribution in [0.3, 0.4) is 0 Å². The Kier molecular flexibility index (Phi) is 5.19. The highest BCUT2D eigenvalue weighted by Gasteiger charge is 2.19. The highest BCUT2D eigenvalue weighted by Crippen LogP contribution is 2.15. The van der Waals surface area contributed by atoms with Crippen LogP contribution in [-0.2, 0) is 17.9 Å². The first-order valence-electron chi connectivity index (χ1n) is 9.44. The number of benzene rings is 2. The van der Waals surface area contributed by atoms with Gasteiger partial charge >= 0.3 is 0 Å². The minimum atomic E-state index is -0.207.